The lowest BCUT2D eigenvalue weighted by Gasteiger charge is -2.31. The number of hydrogen-bond acceptors (Lipinski definition) is 4. The first-order valence-electron chi connectivity index (χ1n) is 6.08. The zero-order chi connectivity index (χ0) is 14.6. The first kappa shape index (κ1) is 15.4. The molecule has 108 valence electrons. The number of carboxylic acids is 1. The van der Waals surface area contributed by atoms with Crippen molar-refractivity contribution >= 4 is 17.8 Å². The summed E-state index contributed by atoms with van der Waals surface area (Å²) in [6.45, 7) is 1.76. The number of nitrogens with one attached hydrogen (secondary N) is 1. The van der Waals surface area contributed by atoms with Gasteiger partial charge in [-0.3, -0.25) is 9.59 Å². The molecule has 1 fully saturated rings. The zero-order valence-electron chi connectivity index (χ0n) is 11.4. The predicted octanol–water partition coefficient (Wildman–Crippen LogP) is -0.539. The molecule has 0 bridgehead atoms. The van der Waals surface area contributed by atoms with Crippen molar-refractivity contribution < 1.29 is 24.2 Å². The molecule has 0 aromatic heterocycles. The second-order valence-electron chi connectivity index (χ2n) is 5.06. The summed E-state index contributed by atoms with van der Waals surface area (Å²) >= 11 is 0. The Balaban J connectivity index is 2.68. The Hall–Kier alpha value is -1.63. The number of hydrogen-bond donors (Lipinski definition) is 2. The average Bonchev–Trinajstić information content (AvgIpc) is 2.32. The molecule has 0 aromatic rings. The van der Waals surface area contributed by atoms with Crippen LogP contribution in [-0.4, -0.2) is 60.6 Å². The SMILES string of the molecule is COCC(C)(NC(=O)C1CCN(C)C(=O)C1)C(=O)O. The van der Waals surface area contributed by atoms with Crippen LogP contribution < -0.4 is 5.32 Å². The summed E-state index contributed by atoms with van der Waals surface area (Å²) in [5.41, 5.74) is -1.47. The van der Waals surface area contributed by atoms with Gasteiger partial charge in [0.05, 0.1) is 6.61 Å². The maximum atomic E-state index is 12.0. The zero-order valence-corrected chi connectivity index (χ0v) is 11.4. The van der Waals surface area contributed by atoms with Crippen LogP contribution in [0.2, 0.25) is 0 Å². The predicted molar refractivity (Wildman–Crippen MR) is 66.4 cm³/mol. The monoisotopic (exact) mass is 272 g/mol. The first-order chi connectivity index (χ1) is 8.80. The molecule has 1 heterocycles. The van der Waals surface area contributed by atoms with Crippen LogP contribution in [0.5, 0.6) is 0 Å². The van der Waals surface area contributed by atoms with Gasteiger partial charge in [-0.25, -0.2) is 4.79 Å². The largest absolute Gasteiger partial charge is 0.479 e. The Bertz CT molecular complexity index is 384. The summed E-state index contributed by atoms with van der Waals surface area (Å²) in [4.78, 5) is 36.3. The molecule has 19 heavy (non-hydrogen) atoms. The van der Waals surface area contributed by atoms with Crippen molar-refractivity contribution in [2.24, 2.45) is 5.92 Å². The van der Waals surface area contributed by atoms with Gasteiger partial charge in [0.25, 0.3) is 0 Å². The number of rotatable bonds is 5. The van der Waals surface area contributed by atoms with Crippen molar-refractivity contribution in [3.8, 4) is 0 Å². The topological polar surface area (TPSA) is 95.9 Å². The van der Waals surface area contributed by atoms with Crippen molar-refractivity contribution in [2.75, 3.05) is 27.3 Å². The Kier molecular flexibility index (Phi) is 4.88. The van der Waals surface area contributed by atoms with Crippen molar-refractivity contribution in [1.82, 2.24) is 10.2 Å². The number of amides is 2. The van der Waals surface area contributed by atoms with Crippen LogP contribution >= 0.6 is 0 Å². The van der Waals surface area contributed by atoms with E-state index in [1.807, 2.05) is 0 Å². The Morgan fingerprint density at radius 1 is 1.58 bits per heavy atom. The summed E-state index contributed by atoms with van der Waals surface area (Å²) in [7, 11) is 3.05. The molecule has 1 rings (SSSR count). The number of carbonyl (C=O) groups excluding carboxylic acids is 2. The van der Waals surface area contributed by atoms with E-state index in [-0.39, 0.29) is 18.9 Å². The van der Waals surface area contributed by atoms with Crippen molar-refractivity contribution in [1.29, 1.82) is 0 Å². The van der Waals surface area contributed by atoms with Crippen LogP contribution in [0.1, 0.15) is 19.8 Å². The van der Waals surface area contributed by atoms with Crippen LogP contribution in [0, 0.1) is 5.92 Å². The Morgan fingerprint density at radius 2 is 2.21 bits per heavy atom. The molecule has 1 aliphatic rings. The van der Waals surface area contributed by atoms with Crippen LogP contribution in [0.3, 0.4) is 0 Å². The average molecular weight is 272 g/mol. The Labute approximate surface area is 111 Å². The third kappa shape index (κ3) is 3.66. The number of likely N-dealkylation sites (tertiary alicyclic amines) is 1. The molecule has 2 unspecified atom stereocenters. The van der Waals surface area contributed by atoms with E-state index in [1.165, 1.54) is 14.0 Å². The molecular formula is C12H20N2O5. The van der Waals surface area contributed by atoms with Gasteiger partial charge in [0, 0.05) is 33.0 Å². The molecule has 0 saturated carbocycles. The quantitative estimate of drug-likeness (QED) is 0.701. The fraction of sp³-hybridized carbons (Fsp3) is 0.750. The molecule has 7 nitrogen and oxygen atoms in total. The van der Waals surface area contributed by atoms with Gasteiger partial charge in [-0.1, -0.05) is 0 Å². The van der Waals surface area contributed by atoms with E-state index in [2.05, 4.69) is 5.32 Å². The number of aliphatic carboxylic acids is 1. The molecule has 2 N–H and O–H groups in total. The fourth-order valence-corrected chi connectivity index (χ4v) is 1.98. The molecule has 0 radical (unpaired) electrons. The maximum absolute atomic E-state index is 12.0. The molecule has 1 saturated heterocycles. The van der Waals surface area contributed by atoms with Gasteiger partial charge in [-0.05, 0) is 13.3 Å². The highest BCUT2D eigenvalue weighted by molar-refractivity contribution is 5.91. The third-order valence-corrected chi connectivity index (χ3v) is 3.33. The molecule has 7 heteroatoms. The van der Waals surface area contributed by atoms with E-state index in [1.54, 1.807) is 11.9 Å². The standard InChI is InChI=1S/C12H20N2O5/c1-12(7-19-3,11(17)18)13-10(16)8-4-5-14(2)9(15)6-8/h8H,4-7H2,1-3H3,(H,13,16)(H,17,18). The van der Waals surface area contributed by atoms with E-state index < -0.39 is 23.3 Å². The lowest BCUT2D eigenvalue weighted by Crippen LogP contribution is -2.57. The number of nitrogens with zero attached hydrogens (tertiary/aromatic N) is 1. The summed E-state index contributed by atoms with van der Waals surface area (Å²) in [5, 5.41) is 11.6. The number of carbonyl (C=O) groups is 3. The van der Waals surface area contributed by atoms with Crippen molar-refractivity contribution in [3.63, 3.8) is 0 Å². The van der Waals surface area contributed by atoms with Crippen LogP contribution in [0.15, 0.2) is 0 Å². The molecule has 0 aromatic carbocycles. The van der Waals surface area contributed by atoms with Crippen LogP contribution in [0.25, 0.3) is 0 Å². The number of piperidine rings is 1. The molecule has 0 spiro atoms. The van der Waals surface area contributed by atoms with Gasteiger partial charge >= 0.3 is 5.97 Å². The van der Waals surface area contributed by atoms with E-state index in [9.17, 15) is 14.4 Å². The lowest BCUT2D eigenvalue weighted by atomic mass is 9.93. The van der Waals surface area contributed by atoms with Crippen molar-refractivity contribution in [2.45, 2.75) is 25.3 Å². The molecule has 2 atom stereocenters. The number of methoxy groups -OCH3 is 1. The summed E-state index contributed by atoms with van der Waals surface area (Å²) in [6.07, 6.45) is 0.655. The van der Waals surface area contributed by atoms with Crippen molar-refractivity contribution in [3.05, 3.63) is 0 Å². The third-order valence-electron chi connectivity index (χ3n) is 3.33. The van der Waals surface area contributed by atoms with E-state index in [0.29, 0.717) is 13.0 Å². The van der Waals surface area contributed by atoms with Crippen LogP contribution in [0.4, 0.5) is 0 Å². The van der Waals surface area contributed by atoms with Gasteiger partial charge in [0.15, 0.2) is 5.54 Å². The van der Waals surface area contributed by atoms with E-state index in [4.69, 9.17) is 9.84 Å². The van der Waals surface area contributed by atoms with Crippen LogP contribution in [-0.2, 0) is 19.1 Å². The minimum atomic E-state index is -1.47. The van der Waals surface area contributed by atoms with E-state index >= 15 is 0 Å². The summed E-state index contributed by atoms with van der Waals surface area (Å²) in [5.74, 6) is -2.15. The summed E-state index contributed by atoms with van der Waals surface area (Å²) in [6, 6.07) is 0. The highest BCUT2D eigenvalue weighted by Gasteiger charge is 2.38. The Morgan fingerprint density at radius 3 is 2.68 bits per heavy atom. The smallest absolute Gasteiger partial charge is 0.331 e. The minimum absolute atomic E-state index is 0.102. The molecule has 2 amide bonds. The molecule has 1 aliphatic heterocycles. The first-order valence-corrected chi connectivity index (χ1v) is 6.08. The number of carboxylic acid groups (broad SMARTS) is 1. The lowest BCUT2D eigenvalue weighted by molar-refractivity contribution is -0.150. The van der Waals surface area contributed by atoms with Gasteiger partial charge < -0.3 is 20.1 Å². The normalized spacial score (nSPS) is 22.8. The number of ether oxygens (including phenoxy) is 1. The minimum Gasteiger partial charge on any atom is -0.479 e. The molecular weight excluding hydrogens is 252 g/mol. The van der Waals surface area contributed by atoms with Gasteiger partial charge in [0.1, 0.15) is 0 Å². The highest BCUT2D eigenvalue weighted by Crippen LogP contribution is 2.18. The summed E-state index contributed by atoms with van der Waals surface area (Å²) < 4.78 is 4.82. The molecule has 0 aliphatic carbocycles. The fourth-order valence-electron chi connectivity index (χ4n) is 1.98. The second-order valence-corrected chi connectivity index (χ2v) is 5.06. The highest BCUT2D eigenvalue weighted by atomic mass is 16.5. The van der Waals surface area contributed by atoms with Gasteiger partial charge in [0.2, 0.25) is 11.8 Å². The van der Waals surface area contributed by atoms with Gasteiger partial charge in [-0.15, -0.1) is 0 Å². The van der Waals surface area contributed by atoms with E-state index in [0.717, 1.165) is 0 Å². The second kappa shape index (κ2) is 6.01. The van der Waals surface area contributed by atoms with Gasteiger partial charge in [-0.2, -0.15) is 0 Å². The maximum Gasteiger partial charge on any atom is 0.331 e.